The number of nitrogens with one attached hydrogen (secondary N) is 1. The van der Waals surface area contributed by atoms with Gasteiger partial charge >= 0.3 is 7.12 Å². The van der Waals surface area contributed by atoms with Crippen molar-refractivity contribution in [2.45, 2.75) is 0 Å². The predicted molar refractivity (Wildman–Crippen MR) is 524 cm³/mol. The van der Waals surface area contributed by atoms with E-state index in [4.69, 9.17) is 54.8 Å². The van der Waals surface area contributed by atoms with Gasteiger partial charge in [-0.3, -0.25) is 9.59 Å². The quantitative estimate of drug-likeness (QED) is 0.0331. The van der Waals surface area contributed by atoms with Gasteiger partial charge in [-0.05, 0) is 168 Å². The number of carboxylic acid groups (broad SMARTS) is 1. The van der Waals surface area contributed by atoms with Crippen LogP contribution in [0.4, 0.5) is 26.3 Å². The molecule has 0 amide bonds. The monoisotopic (exact) mass is 1960 g/mol. The number of hydrogen-bond donors (Lipinski definition) is 4. The summed E-state index contributed by atoms with van der Waals surface area (Å²) in [6.07, 6.45) is 0. The van der Waals surface area contributed by atoms with E-state index in [9.17, 15) is 31.1 Å². The largest absolute Gasteiger partial charge is 0.488 e. The average molecular weight is 1960 g/mol. The number of nitrogens with zero attached hydrogens (tertiary/aromatic N) is 5. The minimum absolute atomic E-state index is 0. The molecule has 0 saturated heterocycles. The summed E-state index contributed by atoms with van der Waals surface area (Å²) in [5, 5.41) is 61.7. The van der Waals surface area contributed by atoms with Gasteiger partial charge in [0.1, 0.15) is 34.9 Å². The Balaban J connectivity index is 0.000000184. The summed E-state index contributed by atoms with van der Waals surface area (Å²) in [6.45, 7) is -0.250. The van der Waals surface area contributed by atoms with Crippen LogP contribution in [0.25, 0.3) is 22.5 Å². The Kier molecular flexibility index (Phi) is 45.0. The van der Waals surface area contributed by atoms with Crippen LogP contribution in [0.15, 0.2) is 460 Å². The first-order valence-electron chi connectivity index (χ1n) is 39.2. The molecule has 0 saturated carbocycles. The smallest absolute Gasteiger partial charge is 0.483 e. The number of carbonyl (C=O) groups is 1. The summed E-state index contributed by atoms with van der Waals surface area (Å²) >= 11 is 16.3. The number of H-pyrrole nitrogens is 1. The first-order valence-corrected chi connectivity index (χ1v) is 45.7. The van der Waals surface area contributed by atoms with Crippen molar-refractivity contribution in [2.75, 3.05) is 0 Å². The van der Waals surface area contributed by atoms with Crippen molar-refractivity contribution in [2.24, 2.45) is 0 Å². The van der Waals surface area contributed by atoms with E-state index < -0.39 is 73.7 Å². The molecule has 12 nitrogen and oxygen atoms in total. The van der Waals surface area contributed by atoms with Gasteiger partial charge in [-0.1, -0.05) is 399 Å². The van der Waals surface area contributed by atoms with Gasteiger partial charge in [0.15, 0.2) is 15.5 Å². The number of benzene rings is 15. The number of rotatable bonds is 15. The predicted octanol–water partition coefficient (Wildman–Crippen LogP) is 18.9. The molecule has 15 aromatic carbocycles. The van der Waals surface area contributed by atoms with E-state index in [0.29, 0.717) is 33.3 Å². The molecule has 3 heterocycles. The van der Waals surface area contributed by atoms with Gasteiger partial charge < -0.3 is 20.6 Å². The maximum Gasteiger partial charge on any atom is 0.488 e. The zero-order chi connectivity index (χ0) is 90.5. The molecule has 0 aliphatic heterocycles. The van der Waals surface area contributed by atoms with Crippen molar-refractivity contribution < 1.29 is 72.2 Å². The minimum atomic E-state index is -1.83. The fourth-order valence-electron chi connectivity index (χ4n) is 12.1. The van der Waals surface area contributed by atoms with E-state index in [1.165, 1.54) is 94.0 Å². The fraction of sp³-hybridized carbons (Fsp3) is 0. The second-order valence-electron chi connectivity index (χ2n) is 26.6. The third-order valence-electron chi connectivity index (χ3n) is 17.6. The van der Waals surface area contributed by atoms with Gasteiger partial charge in [0.05, 0.1) is 11.4 Å². The number of halogens is 9. The minimum Gasteiger partial charge on any atom is -0.483 e. The molecule has 3 aromatic heterocycles. The van der Waals surface area contributed by atoms with Gasteiger partial charge in [0.2, 0.25) is 0 Å². The normalized spacial score (nSPS) is 10.1. The molecule has 656 valence electrons. The van der Waals surface area contributed by atoms with Crippen molar-refractivity contribution in [3.8, 4) is 22.5 Å². The van der Waals surface area contributed by atoms with Crippen LogP contribution in [-0.4, -0.2) is 64.8 Å². The SMILES string of the molecule is Clc1ccc(Cl)nn1.Fc1cc(F)cc(-c2ccc(Cl)nn2)c1.O.O=CO.O=c1ccc(-c2cc(F)cc(F)c2)n[nH]1.OB(O)c1cc(F)cc(F)c1.[Pd].c1ccc(P(c2ccccc2)c2ccccc2)cc1.c1ccc(P(c2ccccc2)c2ccccc2)cc1.c1ccc(P(c2ccccc2)c2ccccc2)cc1.c1ccc(P(c2ccccc2)c2ccccc2)cc1. The van der Waals surface area contributed by atoms with Crippen molar-refractivity contribution >= 4 is 149 Å². The van der Waals surface area contributed by atoms with Gasteiger partial charge in [0, 0.05) is 55.8 Å². The van der Waals surface area contributed by atoms with E-state index in [0.717, 1.165) is 36.4 Å². The third-order valence-corrected chi connectivity index (χ3v) is 28.0. The molecule has 0 radical (unpaired) electrons. The fourth-order valence-corrected chi connectivity index (χ4v) is 21.6. The van der Waals surface area contributed by atoms with Crippen molar-refractivity contribution in [1.82, 2.24) is 30.6 Å². The summed E-state index contributed by atoms with van der Waals surface area (Å²) in [4.78, 5) is 19.1. The Morgan fingerprint density at radius 1 is 0.269 bits per heavy atom. The second kappa shape index (κ2) is 56.8. The Bertz CT molecular complexity index is 5370. The molecular formula is C103H82BCl3F6N6O6P4Pd. The first-order chi connectivity index (χ1) is 62.4. The van der Waals surface area contributed by atoms with E-state index in [1.54, 1.807) is 18.2 Å². The zero-order valence-electron chi connectivity index (χ0n) is 68.9. The standard InChI is InChI=1S/4C18H15P.C10H5ClF2N2.C10H6F2N2O.C6H5BF2O2.C4H2Cl2N2.CH2O2.H2O.Pd/c4*1-4-10-16(11-5-1)19(17-12-6-2-7-13-17)18-14-8-3-9-15-18;11-10-2-1-9(14-15-10)6-3-7(12)5-8(13)4-6;11-7-3-6(4-8(12)5-7)9-1-2-10(15)14-13-9;8-5-1-4(7(10)11)2-6(9)3-5;5-3-1-2-4(6)8-7-3;2-1-3;;/h4*1-15H;1-5H;1-5H,(H,14,15);1-3,10-11H;1-2H;1H,(H,2,3);1H2;. The van der Waals surface area contributed by atoms with Crippen LogP contribution in [0.2, 0.25) is 15.5 Å². The van der Waals surface area contributed by atoms with Crippen LogP contribution in [0.1, 0.15) is 0 Å². The molecule has 0 aliphatic rings. The molecule has 0 atom stereocenters. The number of aromatic amines is 1. The van der Waals surface area contributed by atoms with Crippen LogP contribution < -0.4 is 74.7 Å². The molecule has 27 heteroatoms. The molecule has 0 spiro atoms. The van der Waals surface area contributed by atoms with E-state index in [2.05, 4.69) is 395 Å². The number of hydrogen-bond acceptors (Lipinski definition) is 9. The summed E-state index contributed by atoms with van der Waals surface area (Å²) in [6, 6.07) is 147. The summed E-state index contributed by atoms with van der Waals surface area (Å²) in [5.74, 6) is -4.32. The zero-order valence-corrected chi connectivity index (χ0v) is 76.3. The average Bonchev–Trinajstić information content (AvgIpc) is 0.824. The van der Waals surface area contributed by atoms with Crippen molar-refractivity contribution in [1.29, 1.82) is 0 Å². The first kappa shape index (κ1) is 103. The maximum atomic E-state index is 12.9. The van der Waals surface area contributed by atoms with Crippen LogP contribution in [0, 0.1) is 34.9 Å². The molecule has 0 bridgehead atoms. The molecule has 18 rings (SSSR count). The Morgan fingerprint density at radius 3 is 0.615 bits per heavy atom. The van der Waals surface area contributed by atoms with Crippen LogP contribution in [0.5, 0.6) is 0 Å². The Hall–Kier alpha value is -12.4. The van der Waals surface area contributed by atoms with E-state index >= 15 is 0 Å². The summed E-state index contributed by atoms with van der Waals surface area (Å²) in [7, 11) is -3.62. The summed E-state index contributed by atoms with van der Waals surface area (Å²) < 4.78 is 76.1. The van der Waals surface area contributed by atoms with Gasteiger partial charge in [-0.2, -0.15) is 5.10 Å². The summed E-state index contributed by atoms with van der Waals surface area (Å²) in [5.41, 5.74) is 0.740. The topological polar surface area (TPSA) is 207 Å². The molecule has 0 unspecified atom stereocenters. The molecule has 6 N–H and O–H groups in total. The number of aromatic nitrogens is 6. The van der Waals surface area contributed by atoms with Gasteiger partial charge in [0.25, 0.3) is 12.0 Å². The van der Waals surface area contributed by atoms with Crippen molar-refractivity contribution in [3.05, 3.63) is 516 Å². The van der Waals surface area contributed by atoms with E-state index in [1.807, 2.05) is 0 Å². The Labute approximate surface area is 784 Å². The van der Waals surface area contributed by atoms with Gasteiger partial charge in [-0.15, -0.1) is 20.4 Å². The molecule has 130 heavy (non-hydrogen) atoms. The second-order valence-corrected chi connectivity index (χ2v) is 36.6. The third kappa shape index (κ3) is 34.6. The maximum absolute atomic E-state index is 12.9. The van der Waals surface area contributed by atoms with Crippen molar-refractivity contribution in [3.63, 3.8) is 0 Å². The van der Waals surface area contributed by atoms with Crippen LogP contribution in [-0.2, 0) is 25.2 Å². The molecular weight excluding hydrogens is 1880 g/mol. The van der Waals surface area contributed by atoms with Gasteiger partial charge in [-0.25, -0.2) is 31.4 Å². The van der Waals surface area contributed by atoms with Crippen LogP contribution in [0.3, 0.4) is 0 Å². The molecule has 0 aliphatic carbocycles. The molecule has 0 fully saturated rings. The van der Waals surface area contributed by atoms with Crippen LogP contribution >= 0.6 is 66.5 Å². The molecule has 18 aromatic rings. The van der Waals surface area contributed by atoms with E-state index in [-0.39, 0.29) is 54.1 Å². The Morgan fingerprint density at radius 2 is 0.446 bits per heavy atom.